The van der Waals surface area contributed by atoms with E-state index in [9.17, 15) is 9.50 Å². The molecule has 1 aromatic rings. The van der Waals surface area contributed by atoms with Gasteiger partial charge in [-0.05, 0) is 38.4 Å². The largest absolute Gasteiger partial charge is 0.389 e. The highest BCUT2D eigenvalue weighted by Gasteiger charge is 2.31. The van der Waals surface area contributed by atoms with Crippen LogP contribution in [0.15, 0.2) is 18.2 Å². The fourth-order valence-electron chi connectivity index (χ4n) is 3.42. The van der Waals surface area contributed by atoms with E-state index in [1.807, 2.05) is 6.07 Å². The van der Waals surface area contributed by atoms with Crippen molar-refractivity contribution in [3.8, 4) is 0 Å². The van der Waals surface area contributed by atoms with Gasteiger partial charge >= 0.3 is 0 Å². The Labute approximate surface area is 113 Å². The summed E-state index contributed by atoms with van der Waals surface area (Å²) in [6, 6.07) is 5.68. The van der Waals surface area contributed by atoms with E-state index in [-0.39, 0.29) is 5.82 Å². The maximum Gasteiger partial charge on any atom is 0.131 e. The predicted molar refractivity (Wildman–Crippen MR) is 73.8 cm³/mol. The van der Waals surface area contributed by atoms with Crippen molar-refractivity contribution >= 4 is 5.69 Å². The molecule has 0 saturated carbocycles. The molecular weight excluding hydrogens is 243 g/mol. The summed E-state index contributed by atoms with van der Waals surface area (Å²) >= 11 is 0. The summed E-state index contributed by atoms with van der Waals surface area (Å²) in [6.07, 6.45) is 1.73. The van der Waals surface area contributed by atoms with Gasteiger partial charge in [-0.3, -0.25) is 4.90 Å². The molecule has 19 heavy (non-hydrogen) atoms. The van der Waals surface area contributed by atoms with Gasteiger partial charge in [0.05, 0.1) is 6.10 Å². The van der Waals surface area contributed by atoms with Crippen LogP contribution in [0.1, 0.15) is 31.4 Å². The van der Waals surface area contributed by atoms with Gasteiger partial charge in [0.15, 0.2) is 0 Å². The molecular formula is C15H21FN2O. The van der Waals surface area contributed by atoms with Crippen molar-refractivity contribution in [2.75, 3.05) is 31.1 Å². The lowest BCUT2D eigenvalue weighted by Gasteiger charge is -2.39. The van der Waals surface area contributed by atoms with Crippen molar-refractivity contribution < 1.29 is 9.50 Å². The molecule has 1 aromatic carbocycles. The van der Waals surface area contributed by atoms with Gasteiger partial charge in [0.1, 0.15) is 5.82 Å². The zero-order chi connectivity index (χ0) is 13.4. The number of aliphatic hydroxyl groups excluding tert-OH is 1. The number of hydrogen-bond donors (Lipinski definition) is 1. The first kappa shape index (κ1) is 12.9. The van der Waals surface area contributed by atoms with E-state index >= 15 is 0 Å². The summed E-state index contributed by atoms with van der Waals surface area (Å²) in [4.78, 5) is 4.76. The minimum Gasteiger partial charge on any atom is -0.389 e. The smallest absolute Gasteiger partial charge is 0.131 e. The van der Waals surface area contributed by atoms with Crippen LogP contribution in [0.3, 0.4) is 0 Å². The molecule has 2 aliphatic rings. The number of hydrogen-bond acceptors (Lipinski definition) is 3. The quantitative estimate of drug-likeness (QED) is 0.887. The molecule has 4 heteroatoms. The third kappa shape index (κ3) is 2.35. The van der Waals surface area contributed by atoms with Gasteiger partial charge < -0.3 is 10.0 Å². The molecule has 2 heterocycles. The number of rotatable bonds is 2. The highest BCUT2D eigenvalue weighted by atomic mass is 19.1. The number of nitrogens with zero attached hydrogens (tertiary/aromatic N) is 2. The highest BCUT2D eigenvalue weighted by molar-refractivity contribution is 5.55. The van der Waals surface area contributed by atoms with Gasteiger partial charge in [-0.25, -0.2) is 4.39 Å². The minimum atomic E-state index is -0.766. The summed E-state index contributed by atoms with van der Waals surface area (Å²) in [5.41, 5.74) is 1.30. The number of aliphatic hydroxyl groups is 1. The molecule has 3 nitrogen and oxygen atoms in total. The van der Waals surface area contributed by atoms with Crippen molar-refractivity contribution in [2.45, 2.75) is 31.9 Å². The Morgan fingerprint density at radius 2 is 2.16 bits per heavy atom. The van der Waals surface area contributed by atoms with E-state index in [1.165, 1.54) is 25.5 Å². The second-order valence-corrected chi connectivity index (χ2v) is 5.63. The molecule has 2 saturated heterocycles. The Morgan fingerprint density at radius 3 is 2.95 bits per heavy atom. The molecule has 1 unspecified atom stereocenters. The summed E-state index contributed by atoms with van der Waals surface area (Å²) in [7, 11) is 0. The number of piperazine rings is 1. The average molecular weight is 264 g/mol. The lowest BCUT2D eigenvalue weighted by molar-refractivity contribution is 0.193. The van der Waals surface area contributed by atoms with Crippen LogP contribution < -0.4 is 4.90 Å². The highest BCUT2D eigenvalue weighted by Crippen LogP contribution is 2.32. The first-order chi connectivity index (χ1) is 9.16. The summed E-state index contributed by atoms with van der Waals surface area (Å²) in [5.74, 6) is -0.304. The van der Waals surface area contributed by atoms with Gasteiger partial charge in [-0.15, -0.1) is 0 Å². The van der Waals surface area contributed by atoms with Crippen molar-refractivity contribution in [2.24, 2.45) is 0 Å². The molecule has 0 amide bonds. The standard InChI is InChI=1S/C15H21FN2O/c1-11(19)15-13(16)5-2-6-14(15)18-9-8-17-7-3-4-12(17)10-18/h2,5-6,11-12,19H,3-4,7-10H2,1H3/t11-,12?/m0/s1. The molecule has 2 fully saturated rings. The molecule has 2 atom stereocenters. The third-order valence-corrected chi connectivity index (χ3v) is 4.38. The SMILES string of the molecule is C[C@H](O)c1c(F)cccc1N1CCN2CCCC2C1. The Balaban J connectivity index is 1.88. The Morgan fingerprint density at radius 1 is 1.32 bits per heavy atom. The van der Waals surface area contributed by atoms with Gasteiger partial charge in [-0.1, -0.05) is 6.07 Å². The van der Waals surface area contributed by atoms with E-state index in [2.05, 4.69) is 9.80 Å². The Bertz CT molecular complexity index is 463. The molecule has 0 aliphatic carbocycles. The van der Waals surface area contributed by atoms with Crippen LogP contribution in [0.5, 0.6) is 0 Å². The fraction of sp³-hybridized carbons (Fsp3) is 0.600. The second-order valence-electron chi connectivity index (χ2n) is 5.63. The van der Waals surface area contributed by atoms with Gasteiger partial charge in [0.2, 0.25) is 0 Å². The molecule has 1 N–H and O–H groups in total. The van der Waals surface area contributed by atoms with Crippen molar-refractivity contribution in [1.29, 1.82) is 0 Å². The van der Waals surface area contributed by atoms with Gasteiger partial charge in [0, 0.05) is 36.9 Å². The zero-order valence-electron chi connectivity index (χ0n) is 11.3. The molecule has 2 aliphatic heterocycles. The maximum absolute atomic E-state index is 13.9. The molecule has 0 spiro atoms. The summed E-state index contributed by atoms with van der Waals surface area (Å²) < 4.78 is 13.9. The van der Waals surface area contributed by atoms with Crippen molar-refractivity contribution in [1.82, 2.24) is 4.90 Å². The number of halogens is 1. The molecule has 0 bridgehead atoms. The number of anilines is 1. The monoisotopic (exact) mass is 264 g/mol. The lowest BCUT2D eigenvalue weighted by Crippen LogP contribution is -2.50. The maximum atomic E-state index is 13.9. The van der Waals surface area contributed by atoms with Crippen LogP contribution in [-0.2, 0) is 0 Å². The van der Waals surface area contributed by atoms with Crippen LogP contribution in [0.25, 0.3) is 0 Å². The van der Waals surface area contributed by atoms with Crippen LogP contribution in [0.2, 0.25) is 0 Å². The van der Waals surface area contributed by atoms with Crippen LogP contribution in [0, 0.1) is 5.82 Å². The molecule has 104 valence electrons. The van der Waals surface area contributed by atoms with Crippen molar-refractivity contribution in [3.63, 3.8) is 0 Å². The fourth-order valence-corrected chi connectivity index (χ4v) is 3.42. The van der Waals surface area contributed by atoms with Crippen LogP contribution >= 0.6 is 0 Å². The number of fused-ring (bicyclic) bond motifs is 1. The lowest BCUT2D eigenvalue weighted by atomic mass is 10.0. The zero-order valence-corrected chi connectivity index (χ0v) is 11.3. The third-order valence-electron chi connectivity index (χ3n) is 4.38. The van der Waals surface area contributed by atoms with E-state index in [0.29, 0.717) is 11.6 Å². The first-order valence-corrected chi connectivity index (χ1v) is 7.12. The normalized spacial score (nSPS) is 25.4. The van der Waals surface area contributed by atoms with Crippen LogP contribution in [-0.4, -0.2) is 42.2 Å². The summed E-state index contributed by atoms with van der Waals surface area (Å²) in [5, 5.41) is 9.83. The van der Waals surface area contributed by atoms with Gasteiger partial charge in [-0.2, -0.15) is 0 Å². The second kappa shape index (κ2) is 5.10. The molecule has 0 aromatic heterocycles. The molecule has 3 rings (SSSR count). The average Bonchev–Trinajstić information content (AvgIpc) is 2.85. The molecule has 0 radical (unpaired) electrons. The Kier molecular flexibility index (Phi) is 3.46. The predicted octanol–water partition coefficient (Wildman–Crippen LogP) is 2.16. The van der Waals surface area contributed by atoms with Crippen LogP contribution in [0.4, 0.5) is 10.1 Å². The van der Waals surface area contributed by atoms with E-state index in [0.717, 1.165) is 25.3 Å². The number of benzene rings is 1. The van der Waals surface area contributed by atoms with E-state index in [1.54, 1.807) is 13.0 Å². The van der Waals surface area contributed by atoms with Crippen molar-refractivity contribution in [3.05, 3.63) is 29.6 Å². The van der Waals surface area contributed by atoms with E-state index in [4.69, 9.17) is 0 Å². The minimum absolute atomic E-state index is 0.304. The Hall–Kier alpha value is -1.13. The first-order valence-electron chi connectivity index (χ1n) is 7.12. The summed E-state index contributed by atoms with van der Waals surface area (Å²) in [6.45, 7) is 5.74. The topological polar surface area (TPSA) is 26.7 Å². The van der Waals surface area contributed by atoms with Gasteiger partial charge in [0.25, 0.3) is 0 Å². The van der Waals surface area contributed by atoms with E-state index < -0.39 is 6.10 Å².